The van der Waals surface area contributed by atoms with E-state index in [1.807, 2.05) is 19.1 Å². The summed E-state index contributed by atoms with van der Waals surface area (Å²) >= 11 is 0. The van der Waals surface area contributed by atoms with Crippen molar-refractivity contribution in [2.24, 2.45) is 0 Å². The molecule has 0 spiro atoms. The van der Waals surface area contributed by atoms with Gasteiger partial charge in [0, 0.05) is 0 Å². The molecule has 2 N–H and O–H groups in total. The second kappa shape index (κ2) is 12.7. The van der Waals surface area contributed by atoms with Crippen LogP contribution in [0.3, 0.4) is 0 Å². The summed E-state index contributed by atoms with van der Waals surface area (Å²) in [6.45, 7) is 15.8. The Hall–Kier alpha value is -0.943. The van der Waals surface area contributed by atoms with Gasteiger partial charge < -0.3 is 14.6 Å². The Morgan fingerprint density at radius 3 is 1.90 bits per heavy atom. The minimum absolute atomic E-state index is 0.0578. The average Bonchev–Trinajstić information content (AvgIpc) is 2.67. The Labute approximate surface area is 180 Å². The lowest BCUT2D eigenvalue weighted by Crippen LogP contribution is -2.50. The third-order valence-electron chi connectivity index (χ3n) is 6.12. The van der Waals surface area contributed by atoms with E-state index in [0.717, 1.165) is 19.3 Å². The highest BCUT2D eigenvalue weighted by atomic mass is 28.4. The zero-order valence-electron chi connectivity index (χ0n) is 19.6. The number of benzene rings is 1. The fourth-order valence-corrected chi connectivity index (χ4v) is 10.2. The maximum Gasteiger partial charge on any atom is 0.201 e. The summed E-state index contributed by atoms with van der Waals surface area (Å²) in [5.74, 6) is 0. The van der Waals surface area contributed by atoms with Gasteiger partial charge in [-0.05, 0) is 41.4 Å². The van der Waals surface area contributed by atoms with Crippen LogP contribution < -0.4 is 0 Å². The summed E-state index contributed by atoms with van der Waals surface area (Å²) in [5.41, 5.74) is 2.81. The number of rotatable bonds is 13. The molecule has 0 aliphatic carbocycles. The monoisotopic (exact) mass is 420 g/mol. The molecular formula is C25H44O3Si. The highest BCUT2D eigenvalue weighted by molar-refractivity contribution is 6.77. The predicted octanol–water partition coefficient (Wildman–Crippen LogP) is 6.26. The summed E-state index contributed by atoms with van der Waals surface area (Å²) < 4.78 is 6.99. The van der Waals surface area contributed by atoms with Crippen LogP contribution in [0.15, 0.2) is 42.5 Å². The molecule has 0 unspecified atom stereocenters. The molecule has 1 aromatic carbocycles. The molecule has 0 radical (unpaired) electrons. The number of aryl methyl sites for hydroxylation is 1. The molecule has 0 bridgehead atoms. The Morgan fingerprint density at radius 2 is 1.41 bits per heavy atom. The van der Waals surface area contributed by atoms with E-state index < -0.39 is 20.5 Å². The van der Waals surface area contributed by atoms with Gasteiger partial charge >= 0.3 is 0 Å². The number of aliphatic hydroxyl groups excluding tert-OH is 2. The molecule has 29 heavy (non-hydrogen) atoms. The third-order valence-corrected chi connectivity index (χ3v) is 12.2. The first-order chi connectivity index (χ1) is 13.6. The average molecular weight is 421 g/mol. The quantitative estimate of drug-likeness (QED) is 0.292. The summed E-state index contributed by atoms with van der Waals surface area (Å²) in [7, 11) is -2.04. The normalized spacial score (nSPS) is 16.1. The summed E-state index contributed by atoms with van der Waals surface area (Å²) in [5, 5.41) is 20.4. The van der Waals surface area contributed by atoms with Crippen molar-refractivity contribution in [3.8, 4) is 0 Å². The Morgan fingerprint density at radius 1 is 0.862 bits per heavy atom. The van der Waals surface area contributed by atoms with Gasteiger partial charge in [0.25, 0.3) is 0 Å². The van der Waals surface area contributed by atoms with Gasteiger partial charge in [0.2, 0.25) is 8.32 Å². The molecule has 0 saturated carbocycles. The molecule has 4 heteroatoms. The van der Waals surface area contributed by atoms with Crippen LogP contribution in [0.5, 0.6) is 0 Å². The van der Waals surface area contributed by atoms with E-state index in [-0.39, 0.29) is 6.10 Å². The molecule has 0 fully saturated rings. The molecule has 0 saturated heterocycles. The standard InChI is InChI=1S/C25H44O3Si/c1-8-12-24(26)25(27)18-17-23(16-15-22-13-10-9-11-14-22)28-29(19(2)3,20(4)5)21(6)7/h9-11,13-14,17-21,23-27H,8,12,15-16H2,1-7H3/b18-17-/t23-,24+,25-/m0/s1. The first-order valence-corrected chi connectivity index (χ1v) is 13.5. The van der Waals surface area contributed by atoms with Crippen molar-refractivity contribution >= 4 is 8.32 Å². The van der Waals surface area contributed by atoms with E-state index in [9.17, 15) is 10.2 Å². The highest BCUT2D eigenvalue weighted by Crippen LogP contribution is 2.43. The summed E-state index contributed by atoms with van der Waals surface area (Å²) in [6.07, 6.45) is 5.39. The van der Waals surface area contributed by atoms with Gasteiger partial charge in [-0.2, -0.15) is 0 Å². The lowest BCUT2D eigenvalue weighted by molar-refractivity contribution is 0.0421. The number of aliphatic hydroxyl groups is 2. The Balaban J connectivity index is 3.07. The summed E-state index contributed by atoms with van der Waals surface area (Å²) in [4.78, 5) is 0. The molecule has 3 atom stereocenters. The van der Waals surface area contributed by atoms with Crippen LogP contribution in [0.4, 0.5) is 0 Å². The van der Waals surface area contributed by atoms with Crippen molar-refractivity contribution in [3.05, 3.63) is 48.0 Å². The van der Waals surface area contributed by atoms with Crippen LogP contribution >= 0.6 is 0 Å². The highest BCUT2D eigenvalue weighted by Gasteiger charge is 2.46. The van der Waals surface area contributed by atoms with Crippen molar-refractivity contribution in [2.45, 2.75) is 109 Å². The predicted molar refractivity (Wildman–Crippen MR) is 127 cm³/mol. The third kappa shape index (κ3) is 7.67. The van der Waals surface area contributed by atoms with Gasteiger partial charge in [-0.3, -0.25) is 0 Å². The van der Waals surface area contributed by atoms with Crippen molar-refractivity contribution in [1.82, 2.24) is 0 Å². The minimum Gasteiger partial charge on any atom is -0.410 e. The molecule has 0 heterocycles. The van der Waals surface area contributed by atoms with Crippen molar-refractivity contribution in [2.75, 3.05) is 0 Å². The molecule has 0 aliphatic rings. The van der Waals surface area contributed by atoms with Gasteiger partial charge in [0.1, 0.15) is 0 Å². The van der Waals surface area contributed by atoms with Crippen LogP contribution in [0.25, 0.3) is 0 Å². The van der Waals surface area contributed by atoms with E-state index in [1.54, 1.807) is 6.08 Å². The zero-order chi connectivity index (χ0) is 22.0. The fraction of sp³-hybridized carbons (Fsp3) is 0.680. The smallest absolute Gasteiger partial charge is 0.201 e. The molecule has 0 amide bonds. The molecule has 1 aromatic rings. The maximum atomic E-state index is 10.3. The molecule has 0 aromatic heterocycles. The Kier molecular flexibility index (Phi) is 11.4. The topological polar surface area (TPSA) is 49.7 Å². The van der Waals surface area contributed by atoms with Crippen molar-refractivity contribution < 1.29 is 14.6 Å². The van der Waals surface area contributed by atoms with Gasteiger partial charge in [-0.25, -0.2) is 0 Å². The molecular weight excluding hydrogens is 376 g/mol. The van der Waals surface area contributed by atoms with Crippen LogP contribution in [0.2, 0.25) is 16.6 Å². The first-order valence-electron chi connectivity index (χ1n) is 11.4. The van der Waals surface area contributed by atoms with Gasteiger partial charge in [0.05, 0.1) is 18.3 Å². The lowest BCUT2D eigenvalue weighted by Gasteiger charge is -2.44. The molecule has 3 nitrogen and oxygen atoms in total. The van der Waals surface area contributed by atoms with Gasteiger partial charge in [-0.1, -0.05) is 97.4 Å². The number of hydrogen-bond acceptors (Lipinski definition) is 3. The molecule has 166 valence electrons. The second-order valence-electron chi connectivity index (χ2n) is 9.23. The first kappa shape index (κ1) is 26.1. The fourth-order valence-electron chi connectivity index (χ4n) is 4.65. The SMILES string of the molecule is CCC[C@@H](O)[C@@H](O)/C=C\[C@H](CCc1ccccc1)O[Si](C(C)C)(C(C)C)C(C)C. The van der Waals surface area contributed by atoms with Crippen LogP contribution in [0, 0.1) is 0 Å². The zero-order valence-corrected chi connectivity index (χ0v) is 20.6. The van der Waals surface area contributed by atoms with Gasteiger partial charge in [0.15, 0.2) is 0 Å². The lowest BCUT2D eigenvalue weighted by atomic mass is 10.0. The minimum atomic E-state index is -2.04. The van der Waals surface area contributed by atoms with Crippen molar-refractivity contribution in [3.63, 3.8) is 0 Å². The van der Waals surface area contributed by atoms with E-state index >= 15 is 0 Å². The van der Waals surface area contributed by atoms with Crippen LogP contribution in [-0.4, -0.2) is 36.8 Å². The van der Waals surface area contributed by atoms with E-state index in [2.05, 4.69) is 65.8 Å². The van der Waals surface area contributed by atoms with Gasteiger partial charge in [-0.15, -0.1) is 0 Å². The van der Waals surface area contributed by atoms with Crippen LogP contribution in [0.1, 0.15) is 73.3 Å². The molecule has 1 rings (SSSR count). The largest absolute Gasteiger partial charge is 0.410 e. The maximum absolute atomic E-state index is 10.3. The second-order valence-corrected chi connectivity index (χ2v) is 14.6. The molecule has 0 aliphatic heterocycles. The van der Waals surface area contributed by atoms with E-state index in [4.69, 9.17) is 4.43 Å². The van der Waals surface area contributed by atoms with E-state index in [0.29, 0.717) is 23.0 Å². The summed E-state index contributed by atoms with van der Waals surface area (Å²) in [6, 6.07) is 10.5. The Bertz CT molecular complexity index is 561. The number of hydrogen-bond donors (Lipinski definition) is 2. The van der Waals surface area contributed by atoms with Crippen molar-refractivity contribution in [1.29, 1.82) is 0 Å². The van der Waals surface area contributed by atoms with E-state index in [1.165, 1.54) is 5.56 Å². The van der Waals surface area contributed by atoms with Crippen LogP contribution in [-0.2, 0) is 10.8 Å².